The lowest BCUT2D eigenvalue weighted by Gasteiger charge is -2.10. The number of hydrogen-bond acceptors (Lipinski definition) is 6. The average molecular weight is 385 g/mol. The van der Waals surface area contributed by atoms with Gasteiger partial charge in [0.15, 0.2) is 0 Å². The van der Waals surface area contributed by atoms with Crippen molar-refractivity contribution in [2.45, 2.75) is 12.8 Å². The van der Waals surface area contributed by atoms with Crippen molar-refractivity contribution in [3.63, 3.8) is 0 Å². The van der Waals surface area contributed by atoms with E-state index in [0.29, 0.717) is 6.26 Å². The highest BCUT2D eigenvalue weighted by Gasteiger charge is 2.38. The molecule has 0 saturated heterocycles. The number of aromatic nitrogens is 1. The van der Waals surface area contributed by atoms with Crippen LogP contribution >= 0.6 is 11.5 Å². The standard InChI is InChI=1S/C13H11F4NO4S2/c1-21-7-3-4-8(10(14)5-7)11-9(6-22-24(2,19)20)12(23-18-11)13(15,16)17/h3-5H,6H2,1-2H3. The number of rotatable bonds is 5. The molecule has 0 aliphatic carbocycles. The second-order valence-electron chi connectivity index (χ2n) is 4.65. The average Bonchev–Trinajstić information content (AvgIpc) is 2.88. The van der Waals surface area contributed by atoms with Crippen molar-refractivity contribution in [1.82, 2.24) is 4.37 Å². The van der Waals surface area contributed by atoms with Gasteiger partial charge in [-0.2, -0.15) is 26.0 Å². The van der Waals surface area contributed by atoms with Gasteiger partial charge >= 0.3 is 6.18 Å². The van der Waals surface area contributed by atoms with Crippen LogP contribution in [-0.4, -0.2) is 26.2 Å². The molecule has 0 spiro atoms. The molecule has 0 amide bonds. The topological polar surface area (TPSA) is 65.5 Å². The molecule has 0 unspecified atom stereocenters. The first kappa shape index (κ1) is 18.6. The van der Waals surface area contributed by atoms with E-state index in [1.165, 1.54) is 19.2 Å². The minimum Gasteiger partial charge on any atom is -0.497 e. The normalized spacial score (nSPS) is 12.4. The van der Waals surface area contributed by atoms with E-state index in [-0.39, 0.29) is 28.5 Å². The summed E-state index contributed by atoms with van der Waals surface area (Å²) in [5, 5.41) is 0. The molecule has 2 aromatic rings. The first-order chi connectivity index (χ1) is 11.0. The molecule has 0 atom stereocenters. The van der Waals surface area contributed by atoms with Crippen molar-refractivity contribution in [3.8, 4) is 17.0 Å². The van der Waals surface area contributed by atoms with Gasteiger partial charge in [-0.15, -0.1) is 0 Å². The van der Waals surface area contributed by atoms with Crippen LogP contribution in [0.1, 0.15) is 10.4 Å². The summed E-state index contributed by atoms with van der Waals surface area (Å²) in [4.78, 5) is -1.14. The van der Waals surface area contributed by atoms with Crippen LogP contribution in [0.2, 0.25) is 0 Å². The molecule has 11 heteroatoms. The summed E-state index contributed by atoms with van der Waals surface area (Å²) in [6.45, 7) is -0.898. The minimum atomic E-state index is -4.77. The Morgan fingerprint density at radius 3 is 2.46 bits per heavy atom. The Balaban J connectivity index is 2.56. The maximum atomic E-state index is 14.1. The van der Waals surface area contributed by atoms with Gasteiger partial charge < -0.3 is 4.74 Å². The van der Waals surface area contributed by atoms with E-state index in [9.17, 15) is 26.0 Å². The third-order valence-electron chi connectivity index (χ3n) is 2.89. The zero-order chi connectivity index (χ0) is 18.1. The summed E-state index contributed by atoms with van der Waals surface area (Å²) in [5.74, 6) is -0.676. The molecule has 132 valence electrons. The molecule has 0 bridgehead atoms. The van der Waals surface area contributed by atoms with E-state index in [1.54, 1.807) is 0 Å². The van der Waals surface area contributed by atoms with Gasteiger partial charge in [0.05, 0.1) is 25.7 Å². The molecule has 1 heterocycles. The van der Waals surface area contributed by atoms with Gasteiger partial charge in [-0.25, -0.2) is 4.39 Å². The highest BCUT2D eigenvalue weighted by molar-refractivity contribution is 7.85. The molecule has 2 rings (SSSR count). The zero-order valence-electron chi connectivity index (χ0n) is 12.3. The number of benzene rings is 1. The van der Waals surface area contributed by atoms with Crippen LogP contribution in [0.15, 0.2) is 18.2 Å². The summed E-state index contributed by atoms with van der Waals surface area (Å²) in [6, 6.07) is 3.54. The molecule has 1 aromatic carbocycles. The molecule has 0 radical (unpaired) electrons. The Hall–Kier alpha value is -1.72. The molecule has 0 saturated carbocycles. The number of nitrogens with zero attached hydrogens (tertiary/aromatic N) is 1. The van der Waals surface area contributed by atoms with Crippen molar-refractivity contribution in [2.24, 2.45) is 0 Å². The van der Waals surface area contributed by atoms with E-state index >= 15 is 0 Å². The monoisotopic (exact) mass is 385 g/mol. The fourth-order valence-electron chi connectivity index (χ4n) is 1.86. The van der Waals surface area contributed by atoms with Crippen LogP contribution in [0.25, 0.3) is 11.3 Å². The SMILES string of the molecule is COc1ccc(-c2nsc(C(F)(F)F)c2COS(C)(=O)=O)c(F)c1. The zero-order valence-corrected chi connectivity index (χ0v) is 14.0. The maximum absolute atomic E-state index is 14.1. The van der Waals surface area contributed by atoms with Crippen molar-refractivity contribution in [2.75, 3.05) is 13.4 Å². The Morgan fingerprint density at radius 2 is 1.96 bits per heavy atom. The number of ether oxygens (including phenoxy) is 1. The van der Waals surface area contributed by atoms with E-state index in [0.717, 1.165) is 6.07 Å². The third-order valence-corrected chi connectivity index (χ3v) is 4.37. The predicted octanol–water partition coefficient (Wildman–Crippen LogP) is 3.45. The van der Waals surface area contributed by atoms with Crippen LogP contribution in [0.5, 0.6) is 5.75 Å². The number of halogens is 4. The van der Waals surface area contributed by atoms with E-state index in [1.807, 2.05) is 0 Å². The van der Waals surface area contributed by atoms with E-state index < -0.39 is 39.2 Å². The minimum absolute atomic E-state index is 0.0994. The Bertz CT molecular complexity index is 846. The molecule has 0 fully saturated rings. The smallest absolute Gasteiger partial charge is 0.427 e. The largest absolute Gasteiger partial charge is 0.497 e. The number of alkyl halides is 3. The lowest BCUT2D eigenvalue weighted by atomic mass is 10.1. The molecule has 1 aromatic heterocycles. The van der Waals surface area contributed by atoms with Gasteiger partial charge in [0.1, 0.15) is 16.4 Å². The second kappa shape index (κ2) is 6.65. The highest BCUT2D eigenvalue weighted by Crippen LogP contribution is 2.41. The summed E-state index contributed by atoms with van der Waals surface area (Å²) in [5.41, 5.74) is -1.08. The molecular weight excluding hydrogens is 374 g/mol. The Labute approximate surface area is 139 Å². The predicted molar refractivity (Wildman–Crippen MR) is 78.7 cm³/mol. The Kier molecular flexibility index (Phi) is 5.16. The molecule has 5 nitrogen and oxygen atoms in total. The first-order valence-corrected chi connectivity index (χ1v) is 8.86. The molecule has 0 aliphatic heterocycles. The van der Waals surface area contributed by atoms with Gasteiger partial charge in [0, 0.05) is 17.2 Å². The van der Waals surface area contributed by atoms with Crippen molar-refractivity contribution in [1.29, 1.82) is 0 Å². The summed E-state index contributed by atoms with van der Waals surface area (Å²) >= 11 is 0.0994. The Morgan fingerprint density at radius 1 is 1.29 bits per heavy atom. The molecule has 0 aliphatic rings. The molecule has 0 N–H and O–H groups in total. The molecular formula is C13H11F4NO4S2. The molecule has 24 heavy (non-hydrogen) atoms. The van der Waals surface area contributed by atoms with Crippen molar-refractivity contribution in [3.05, 3.63) is 34.5 Å². The van der Waals surface area contributed by atoms with Crippen molar-refractivity contribution >= 4 is 21.7 Å². The van der Waals surface area contributed by atoms with Gasteiger partial charge in [0.25, 0.3) is 10.1 Å². The van der Waals surface area contributed by atoms with Crippen LogP contribution in [0.3, 0.4) is 0 Å². The van der Waals surface area contributed by atoms with Crippen LogP contribution in [0, 0.1) is 5.82 Å². The summed E-state index contributed by atoms with van der Waals surface area (Å²) in [6.07, 6.45) is -4.07. The van der Waals surface area contributed by atoms with Crippen LogP contribution in [-0.2, 0) is 27.1 Å². The van der Waals surface area contributed by atoms with Gasteiger partial charge in [-0.05, 0) is 23.7 Å². The lowest BCUT2D eigenvalue weighted by molar-refractivity contribution is -0.135. The third kappa shape index (κ3) is 4.22. The van der Waals surface area contributed by atoms with Crippen LogP contribution in [0.4, 0.5) is 17.6 Å². The maximum Gasteiger partial charge on any atom is 0.427 e. The van der Waals surface area contributed by atoms with Crippen molar-refractivity contribution < 1.29 is 34.9 Å². The number of methoxy groups -OCH3 is 1. The van der Waals surface area contributed by atoms with E-state index in [4.69, 9.17) is 4.74 Å². The second-order valence-corrected chi connectivity index (χ2v) is 7.07. The van der Waals surface area contributed by atoms with Gasteiger partial charge in [-0.3, -0.25) is 4.18 Å². The first-order valence-electron chi connectivity index (χ1n) is 6.27. The van der Waals surface area contributed by atoms with E-state index in [2.05, 4.69) is 8.56 Å². The van der Waals surface area contributed by atoms with Gasteiger partial charge in [0.2, 0.25) is 0 Å². The summed E-state index contributed by atoms with van der Waals surface area (Å²) in [7, 11) is -2.68. The quantitative estimate of drug-likeness (QED) is 0.583. The fraction of sp³-hybridized carbons (Fsp3) is 0.308. The highest BCUT2D eigenvalue weighted by atomic mass is 32.2. The number of hydrogen-bond donors (Lipinski definition) is 0. The van der Waals surface area contributed by atoms with Crippen LogP contribution < -0.4 is 4.74 Å². The fourth-order valence-corrected chi connectivity index (χ4v) is 2.95. The van der Waals surface area contributed by atoms with Gasteiger partial charge in [-0.1, -0.05) is 0 Å². The lowest BCUT2D eigenvalue weighted by Crippen LogP contribution is -2.10. The summed E-state index contributed by atoms with van der Waals surface area (Å²) < 4.78 is 88.4.